The molecular weight excluding hydrogens is 310 g/mol. The van der Waals surface area contributed by atoms with Gasteiger partial charge in [0, 0.05) is 5.56 Å². The molecule has 0 bridgehead atoms. The van der Waals surface area contributed by atoms with Crippen LogP contribution < -0.4 is 8.92 Å². The van der Waals surface area contributed by atoms with Crippen molar-refractivity contribution in [3.63, 3.8) is 0 Å². The topological polar surface area (TPSA) is 95.7 Å². The first-order valence-corrected chi connectivity index (χ1v) is 7.73. The third kappa shape index (κ3) is 2.96. The van der Waals surface area contributed by atoms with E-state index in [-0.39, 0.29) is 33.6 Å². The van der Waals surface area contributed by atoms with Crippen molar-refractivity contribution in [3.8, 4) is 11.5 Å². The average Bonchev–Trinajstić information content (AvgIpc) is 2.78. The van der Waals surface area contributed by atoms with E-state index >= 15 is 0 Å². The maximum atomic E-state index is 12.3. The van der Waals surface area contributed by atoms with Gasteiger partial charge in [-0.05, 0) is 39.0 Å². The molecular formula is C14H15NO6S. The van der Waals surface area contributed by atoms with Gasteiger partial charge in [-0.1, -0.05) is 5.16 Å². The molecule has 2 aromatic rings. The molecule has 0 atom stereocenters. The Morgan fingerprint density at radius 3 is 2.41 bits per heavy atom. The molecule has 1 aromatic carbocycles. The van der Waals surface area contributed by atoms with Gasteiger partial charge in [0.25, 0.3) is 0 Å². The molecule has 22 heavy (non-hydrogen) atoms. The molecule has 0 aliphatic heterocycles. The third-order valence-electron chi connectivity index (χ3n) is 2.99. The zero-order valence-corrected chi connectivity index (χ0v) is 13.4. The summed E-state index contributed by atoms with van der Waals surface area (Å²) < 4.78 is 39.7. The quantitative estimate of drug-likeness (QED) is 0.614. The van der Waals surface area contributed by atoms with Gasteiger partial charge in [-0.25, -0.2) is 0 Å². The Labute approximate surface area is 128 Å². The summed E-state index contributed by atoms with van der Waals surface area (Å²) in [4.78, 5) is 11.2. The van der Waals surface area contributed by atoms with Gasteiger partial charge < -0.3 is 13.4 Å². The van der Waals surface area contributed by atoms with Crippen LogP contribution in [-0.2, 0) is 10.1 Å². The van der Waals surface area contributed by atoms with Crippen molar-refractivity contribution in [1.82, 2.24) is 5.16 Å². The first-order valence-electron chi connectivity index (χ1n) is 6.32. The predicted octanol–water partition coefficient (Wildman–Crippen LogP) is 2.27. The van der Waals surface area contributed by atoms with E-state index in [2.05, 4.69) is 5.16 Å². The fraction of sp³-hybridized carbons (Fsp3) is 0.286. The highest BCUT2D eigenvalue weighted by Gasteiger charge is 2.27. The molecule has 0 radical (unpaired) electrons. The number of rotatable bonds is 5. The molecule has 2 rings (SSSR count). The molecule has 0 unspecified atom stereocenters. The Morgan fingerprint density at radius 2 is 1.91 bits per heavy atom. The van der Waals surface area contributed by atoms with E-state index in [1.165, 1.54) is 46.1 Å². The molecule has 8 heteroatoms. The number of carbonyl (C=O) groups is 1. The van der Waals surface area contributed by atoms with Crippen molar-refractivity contribution in [2.24, 2.45) is 0 Å². The summed E-state index contributed by atoms with van der Waals surface area (Å²) in [6.45, 7) is 4.38. The van der Waals surface area contributed by atoms with Gasteiger partial charge >= 0.3 is 10.1 Å². The predicted molar refractivity (Wildman–Crippen MR) is 76.8 cm³/mol. The number of carbonyl (C=O) groups excluding carboxylic acids is 1. The summed E-state index contributed by atoms with van der Waals surface area (Å²) in [6.07, 6.45) is 0. The number of aryl methyl sites for hydroxylation is 2. The summed E-state index contributed by atoms with van der Waals surface area (Å²) in [5, 5.41) is 3.59. The molecule has 0 saturated heterocycles. The first-order chi connectivity index (χ1) is 10.3. The molecule has 0 aliphatic carbocycles. The Morgan fingerprint density at radius 1 is 1.23 bits per heavy atom. The van der Waals surface area contributed by atoms with E-state index in [1.807, 2.05) is 0 Å². The van der Waals surface area contributed by atoms with Gasteiger partial charge in [0.2, 0.25) is 0 Å². The number of ketones is 1. The van der Waals surface area contributed by atoms with Gasteiger partial charge in [-0.3, -0.25) is 4.79 Å². The maximum absolute atomic E-state index is 12.3. The monoisotopic (exact) mass is 325 g/mol. The van der Waals surface area contributed by atoms with Gasteiger partial charge in [-0.2, -0.15) is 8.42 Å². The fourth-order valence-corrected chi connectivity index (χ4v) is 3.19. The lowest BCUT2D eigenvalue weighted by molar-refractivity contribution is 0.101. The van der Waals surface area contributed by atoms with E-state index in [4.69, 9.17) is 13.4 Å². The van der Waals surface area contributed by atoms with E-state index in [0.29, 0.717) is 5.56 Å². The highest BCUT2D eigenvalue weighted by atomic mass is 32.2. The van der Waals surface area contributed by atoms with Gasteiger partial charge in [-0.15, -0.1) is 0 Å². The number of ether oxygens (including phenoxy) is 1. The van der Waals surface area contributed by atoms with Crippen LogP contribution >= 0.6 is 0 Å². The zero-order chi connectivity index (χ0) is 16.5. The number of benzene rings is 1. The first kappa shape index (κ1) is 16.0. The van der Waals surface area contributed by atoms with Crippen LogP contribution in [0.1, 0.15) is 28.7 Å². The number of hydrogen-bond donors (Lipinski definition) is 0. The second kappa shape index (κ2) is 5.80. The molecule has 7 nitrogen and oxygen atoms in total. The number of nitrogens with zero attached hydrogens (tertiary/aromatic N) is 1. The Kier molecular flexibility index (Phi) is 4.23. The van der Waals surface area contributed by atoms with Gasteiger partial charge in [0.05, 0.1) is 7.11 Å². The molecule has 1 aromatic heterocycles. The molecule has 0 fully saturated rings. The van der Waals surface area contributed by atoms with Crippen molar-refractivity contribution >= 4 is 15.9 Å². The van der Waals surface area contributed by atoms with Crippen LogP contribution in [0.4, 0.5) is 0 Å². The number of aromatic nitrogens is 1. The highest BCUT2D eigenvalue weighted by Crippen LogP contribution is 2.32. The average molecular weight is 325 g/mol. The number of methoxy groups -OCH3 is 1. The second-order valence-electron chi connectivity index (χ2n) is 4.61. The smallest absolute Gasteiger partial charge is 0.344 e. The van der Waals surface area contributed by atoms with Crippen LogP contribution in [0.2, 0.25) is 0 Å². The molecule has 0 N–H and O–H groups in total. The lowest BCUT2D eigenvalue weighted by Gasteiger charge is -2.11. The standard InChI is InChI=1S/C14H15NO6S/c1-8-14(10(3)20-15-8)22(17,18)21-12-6-5-11(9(2)16)7-13(12)19-4/h5-7H,1-4H3. The van der Waals surface area contributed by atoms with E-state index < -0.39 is 10.1 Å². The second-order valence-corrected chi connectivity index (χ2v) is 6.10. The van der Waals surface area contributed by atoms with Crippen LogP contribution in [0.15, 0.2) is 27.6 Å². The van der Waals surface area contributed by atoms with Crippen LogP contribution in [0.25, 0.3) is 0 Å². The minimum absolute atomic E-state index is 0.0208. The summed E-state index contributed by atoms with van der Waals surface area (Å²) in [7, 11) is -2.76. The SMILES string of the molecule is COc1cc(C(C)=O)ccc1OS(=O)(=O)c1c(C)noc1C. The Balaban J connectivity index is 2.44. The molecule has 0 saturated carbocycles. The van der Waals surface area contributed by atoms with Crippen LogP contribution in [-0.4, -0.2) is 26.5 Å². The van der Waals surface area contributed by atoms with Crippen molar-refractivity contribution in [2.45, 2.75) is 25.7 Å². The summed E-state index contributed by atoms with van der Waals surface area (Å²) in [6, 6.07) is 4.24. The summed E-state index contributed by atoms with van der Waals surface area (Å²) in [5.41, 5.74) is 0.593. The minimum atomic E-state index is -4.12. The van der Waals surface area contributed by atoms with Crippen LogP contribution in [0, 0.1) is 13.8 Å². The third-order valence-corrected chi connectivity index (χ3v) is 4.47. The normalized spacial score (nSPS) is 11.3. The van der Waals surface area contributed by atoms with Crippen molar-refractivity contribution in [1.29, 1.82) is 0 Å². The number of hydrogen-bond acceptors (Lipinski definition) is 7. The zero-order valence-electron chi connectivity index (χ0n) is 12.5. The summed E-state index contributed by atoms with van der Waals surface area (Å²) in [5.74, 6) is 0.0887. The number of Topliss-reactive ketones (excluding diaryl/α,β-unsaturated/α-hetero) is 1. The van der Waals surface area contributed by atoms with E-state index in [1.54, 1.807) is 0 Å². The molecule has 1 heterocycles. The molecule has 0 spiro atoms. The summed E-state index contributed by atoms with van der Waals surface area (Å²) >= 11 is 0. The Hall–Kier alpha value is -2.35. The Bertz CT molecular complexity index is 802. The van der Waals surface area contributed by atoms with Crippen LogP contribution in [0.5, 0.6) is 11.5 Å². The largest absolute Gasteiger partial charge is 0.493 e. The maximum Gasteiger partial charge on any atom is 0.344 e. The van der Waals surface area contributed by atoms with Crippen molar-refractivity contribution < 1.29 is 26.7 Å². The fourth-order valence-electron chi connectivity index (χ4n) is 1.95. The van der Waals surface area contributed by atoms with Gasteiger partial charge in [0.15, 0.2) is 27.9 Å². The lowest BCUT2D eigenvalue weighted by Crippen LogP contribution is -2.12. The van der Waals surface area contributed by atoms with E-state index in [0.717, 1.165) is 0 Å². The van der Waals surface area contributed by atoms with Crippen molar-refractivity contribution in [3.05, 3.63) is 35.2 Å². The molecule has 0 aliphatic rings. The molecule has 0 amide bonds. The van der Waals surface area contributed by atoms with E-state index in [9.17, 15) is 13.2 Å². The highest BCUT2D eigenvalue weighted by molar-refractivity contribution is 7.87. The molecule has 118 valence electrons. The lowest BCUT2D eigenvalue weighted by atomic mass is 10.1. The van der Waals surface area contributed by atoms with Gasteiger partial charge in [0.1, 0.15) is 5.69 Å². The van der Waals surface area contributed by atoms with Crippen molar-refractivity contribution in [2.75, 3.05) is 7.11 Å². The van der Waals surface area contributed by atoms with Crippen LogP contribution in [0.3, 0.4) is 0 Å². The minimum Gasteiger partial charge on any atom is -0.493 e.